The van der Waals surface area contributed by atoms with Crippen molar-refractivity contribution in [2.75, 3.05) is 0 Å². The van der Waals surface area contributed by atoms with Crippen LogP contribution in [0.25, 0.3) is 11.5 Å². The monoisotopic (exact) mass is 260 g/mol. The lowest BCUT2D eigenvalue weighted by Gasteiger charge is -2.11. The molecular formula is C10H7F3N2O3. The summed E-state index contributed by atoms with van der Waals surface area (Å²) in [6.45, 7) is 1.51. The number of halogens is 3. The molecule has 0 bridgehead atoms. The van der Waals surface area contributed by atoms with E-state index in [0.717, 1.165) is 18.2 Å². The third-order valence-corrected chi connectivity index (χ3v) is 1.95. The fourth-order valence-corrected chi connectivity index (χ4v) is 1.31. The molecule has 2 rings (SSSR count). The Labute approximate surface area is 98.8 Å². The van der Waals surface area contributed by atoms with E-state index >= 15 is 0 Å². The first-order chi connectivity index (χ1) is 8.35. The molecule has 0 spiro atoms. The van der Waals surface area contributed by atoms with Gasteiger partial charge in [0.1, 0.15) is 11.5 Å². The topological polar surface area (TPSA) is 68.4 Å². The average Bonchev–Trinajstić information content (AvgIpc) is 2.65. The van der Waals surface area contributed by atoms with Crippen molar-refractivity contribution in [3.63, 3.8) is 0 Å². The summed E-state index contributed by atoms with van der Waals surface area (Å²) in [5.74, 6) is -0.673. The molecule has 0 atom stereocenters. The van der Waals surface area contributed by atoms with Crippen LogP contribution in [0.5, 0.6) is 11.5 Å². The van der Waals surface area contributed by atoms with E-state index in [1.165, 1.54) is 6.92 Å². The van der Waals surface area contributed by atoms with Crippen LogP contribution in [-0.4, -0.2) is 21.6 Å². The molecule has 2 aromatic rings. The van der Waals surface area contributed by atoms with Gasteiger partial charge in [0, 0.05) is 0 Å². The van der Waals surface area contributed by atoms with Gasteiger partial charge in [-0.05, 0) is 25.1 Å². The molecular weight excluding hydrogens is 253 g/mol. The highest BCUT2D eigenvalue weighted by Gasteiger charge is 2.33. The van der Waals surface area contributed by atoms with Crippen LogP contribution < -0.4 is 4.74 Å². The predicted octanol–water partition coefficient (Wildman–Crippen LogP) is 2.65. The number of aryl methyl sites for hydroxylation is 1. The van der Waals surface area contributed by atoms with Crippen LogP contribution in [-0.2, 0) is 0 Å². The van der Waals surface area contributed by atoms with E-state index in [0.29, 0.717) is 0 Å². The summed E-state index contributed by atoms with van der Waals surface area (Å²) in [4.78, 5) is 3.78. The van der Waals surface area contributed by atoms with Crippen LogP contribution in [0.2, 0.25) is 0 Å². The van der Waals surface area contributed by atoms with Gasteiger partial charge < -0.3 is 14.4 Å². The van der Waals surface area contributed by atoms with E-state index in [9.17, 15) is 18.3 Å². The second-order valence-corrected chi connectivity index (χ2v) is 3.38. The minimum Gasteiger partial charge on any atom is -0.508 e. The molecule has 0 fully saturated rings. The molecule has 0 aliphatic carbocycles. The van der Waals surface area contributed by atoms with Gasteiger partial charge >= 0.3 is 6.36 Å². The van der Waals surface area contributed by atoms with Crippen molar-refractivity contribution in [2.45, 2.75) is 13.3 Å². The quantitative estimate of drug-likeness (QED) is 0.898. The molecule has 0 saturated carbocycles. The number of alkyl halides is 3. The van der Waals surface area contributed by atoms with Crippen LogP contribution in [0.4, 0.5) is 13.2 Å². The number of hydrogen-bond acceptors (Lipinski definition) is 5. The SMILES string of the molecule is Cc1noc(-c2cc(O)ccc2OC(F)(F)F)n1. The summed E-state index contributed by atoms with van der Waals surface area (Å²) in [6.07, 6.45) is -4.85. The second kappa shape index (κ2) is 4.21. The largest absolute Gasteiger partial charge is 0.573 e. The van der Waals surface area contributed by atoms with Crippen molar-refractivity contribution < 1.29 is 27.5 Å². The first-order valence-electron chi connectivity index (χ1n) is 4.74. The summed E-state index contributed by atoms with van der Waals surface area (Å²) in [5.41, 5.74) is -0.132. The summed E-state index contributed by atoms with van der Waals surface area (Å²) < 4.78 is 45.1. The summed E-state index contributed by atoms with van der Waals surface area (Å²) in [5, 5.41) is 12.7. The van der Waals surface area contributed by atoms with Gasteiger partial charge in [-0.2, -0.15) is 4.98 Å². The first kappa shape index (κ1) is 12.2. The zero-order valence-electron chi connectivity index (χ0n) is 9.02. The highest BCUT2D eigenvalue weighted by Crippen LogP contribution is 2.35. The minimum atomic E-state index is -4.85. The summed E-state index contributed by atoms with van der Waals surface area (Å²) in [6, 6.07) is 3.08. The van der Waals surface area contributed by atoms with E-state index in [2.05, 4.69) is 14.9 Å². The third-order valence-electron chi connectivity index (χ3n) is 1.95. The zero-order chi connectivity index (χ0) is 13.3. The minimum absolute atomic E-state index is 0.132. The van der Waals surface area contributed by atoms with Crippen molar-refractivity contribution in [3.8, 4) is 23.0 Å². The normalized spacial score (nSPS) is 11.6. The van der Waals surface area contributed by atoms with Crippen LogP contribution >= 0.6 is 0 Å². The maximum absolute atomic E-state index is 12.2. The Morgan fingerprint density at radius 2 is 2.06 bits per heavy atom. The molecule has 5 nitrogen and oxygen atoms in total. The molecule has 0 aliphatic heterocycles. The van der Waals surface area contributed by atoms with Crippen LogP contribution in [0.15, 0.2) is 22.7 Å². The fourth-order valence-electron chi connectivity index (χ4n) is 1.31. The van der Waals surface area contributed by atoms with Gasteiger partial charge in [0.15, 0.2) is 5.82 Å². The molecule has 0 radical (unpaired) electrons. The van der Waals surface area contributed by atoms with Crippen molar-refractivity contribution in [3.05, 3.63) is 24.0 Å². The Hall–Kier alpha value is -2.25. The molecule has 1 N–H and O–H groups in total. The van der Waals surface area contributed by atoms with E-state index in [1.54, 1.807) is 0 Å². The zero-order valence-corrected chi connectivity index (χ0v) is 9.02. The molecule has 0 unspecified atom stereocenters. The third kappa shape index (κ3) is 2.70. The number of phenols is 1. The molecule has 1 heterocycles. The number of phenolic OH excluding ortho intramolecular Hbond substituents is 1. The standard InChI is InChI=1S/C10H7F3N2O3/c1-5-14-9(18-15-5)7-4-6(16)2-3-8(7)17-10(11,12)13/h2-4,16H,1H3. The lowest BCUT2D eigenvalue weighted by atomic mass is 10.2. The second-order valence-electron chi connectivity index (χ2n) is 3.38. The number of nitrogens with zero attached hydrogens (tertiary/aromatic N) is 2. The molecule has 0 amide bonds. The van der Waals surface area contributed by atoms with Gasteiger partial charge in [-0.25, -0.2) is 0 Å². The molecule has 8 heteroatoms. The van der Waals surface area contributed by atoms with Gasteiger partial charge in [0.25, 0.3) is 5.89 Å². The first-order valence-corrected chi connectivity index (χ1v) is 4.74. The maximum Gasteiger partial charge on any atom is 0.573 e. The molecule has 18 heavy (non-hydrogen) atoms. The molecule has 0 aliphatic rings. The summed E-state index contributed by atoms with van der Waals surface area (Å²) in [7, 11) is 0. The number of ether oxygens (including phenoxy) is 1. The maximum atomic E-state index is 12.2. The molecule has 96 valence electrons. The highest BCUT2D eigenvalue weighted by molar-refractivity contribution is 5.64. The van der Waals surface area contributed by atoms with E-state index in [-0.39, 0.29) is 23.0 Å². The Kier molecular flexibility index (Phi) is 2.85. The highest BCUT2D eigenvalue weighted by atomic mass is 19.4. The Balaban J connectivity index is 2.47. The number of hydrogen-bond donors (Lipinski definition) is 1. The Morgan fingerprint density at radius 3 is 2.61 bits per heavy atom. The fraction of sp³-hybridized carbons (Fsp3) is 0.200. The van der Waals surface area contributed by atoms with Crippen molar-refractivity contribution in [2.24, 2.45) is 0 Å². The van der Waals surface area contributed by atoms with Gasteiger partial charge in [-0.3, -0.25) is 0 Å². The molecule has 1 aromatic carbocycles. The number of aromatic hydroxyl groups is 1. The van der Waals surface area contributed by atoms with Crippen molar-refractivity contribution >= 4 is 0 Å². The molecule has 0 saturated heterocycles. The van der Waals surface area contributed by atoms with E-state index in [1.807, 2.05) is 0 Å². The lowest BCUT2D eigenvalue weighted by molar-refractivity contribution is -0.274. The van der Waals surface area contributed by atoms with Gasteiger partial charge in [-0.1, -0.05) is 5.16 Å². The van der Waals surface area contributed by atoms with Crippen molar-refractivity contribution in [1.29, 1.82) is 0 Å². The van der Waals surface area contributed by atoms with Gasteiger partial charge in [0.05, 0.1) is 5.56 Å². The smallest absolute Gasteiger partial charge is 0.508 e. The van der Waals surface area contributed by atoms with Crippen molar-refractivity contribution in [1.82, 2.24) is 10.1 Å². The molecule has 1 aromatic heterocycles. The van der Waals surface area contributed by atoms with E-state index in [4.69, 9.17) is 4.52 Å². The van der Waals surface area contributed by atoms with Gasteiger partial charge in [-0.15, -0.1) is 13.2 Å². The number of rotatable bonds is 2. The van der Waals surface area contributed by atoms with Crippen LogP contribution in [0.3, 0.4) is 0 Å². The number of benzene rings is 1. The predicted molar refractivity (Wildman–Crippen MR) is 52.8 cm³/mol. The van der Waals surface area contributed by atoms with Crippen LogP contribution in [0, 0.1) is 6.92 Å². The lowest BCUT2D eigenvalue weighted by Crippen LogP contribution is -2.17. The Bertz CT molecular complexity index is 566. The summed E-state index contributed by atoms with van der Waals surface area (Å²) >= 11 is 0. The van der Waals surface area contributed by atoms with Crippen LogP contribution in [0.1, 0.15) is 5.82 Å². The number of aromatic nitrogens is 2. The van der Waals surface area contributed by atoms with Gasteiger partial charge in [0.2, 0.25) is 0 Å². The Morgan fingerprint density at radius 1 is 1.33 bits per heavy atom. The average molecular weight is 260 g/mol. The van der Waals surface area contributed by atoms with E-state index < -0.39 is 12.1 Å².